The van der Waals surface area contributed by atoms with Crippen molar-refractivity contribution in [1.82, 2.24) is 10.3 Å². The van der Waals surface area contributed by atoms with Crippen molar-refractivity contribution < 1.29 is 17.6 Å². The second-order valence-electron chi connectivity index (χ2n) is 2.87. The third-order valence-electron chi connectivity index (χ3n) is 1.71. The fraction of sp³-hybridized carbons (Fsp3) is 0.625. The van der Waals surface area contributed by atoms with Crippen LogP contribution in [0.5, 0.6) is 0 Å². The molecule has 80 valence electrons. The van der Waals surface area contributed by atoms with Crippen LogP contribution in [0.15, 0.2) is 10.8 Å². The standard InChI is InChI=1S/C8H11F3N2O/c1-12-4-6-7(14-5-13-6)2-3-8(9,10)11/h5,12H,2-4H2,1H3. The van der Waals surface area contributed by atoms with Crippen LogP contribution in [0, 0.1) is 0 Å². The fourth-order valence-corrected chi connectivity index (χ4v) is 1.06. The van der Waals surface area contributed by atoms with Crippen LogP contribution in [-0.4, -0.2) is 18.2 Å². The average molecular weight is 208 g/mol. The van der Waals surface area contributed by atoms with Crippen molar-refractivity contribution in [3.63, 3.8) is 0 Å². The van der Waals surface area contributed by atoms with E-state index in [2.05, 4.69) is 10.3 Å². The van der Waals surface area contributed by atoms with E-state index < -0.39 is 12.6 Å². The minimum absolute atomic E-state index is 0.152. The van der Waals surface area contributed by atoms with Gasteiger partial charge in [-0.25, -0.2) is 4.98 Å². The van der Waals surface area contributed by atoms with E-state index >= 15 is 0 Å². The molecular formula is C8H11F3N2O. The first-order chi connectivity index (χ1) is 6.53. The van der Waals surface area contributed by atoms with Gasteiger partial charge in [0.1, 0.15) is 5.76 Å². The first kappa shape index (κ1) is 11.0. The third kappa shape index (κ3) is 3.37. The molecule has 0 fully saturated rings. The topological polar surface area (TPSA) is 38.1 Å². The highest BCUT2D eigenvalue weighted by Crippen LogP contribution is 2.22. The Morgan fingerprint density at radius 1 is 1.50 bits per heavy atom. The second kappa shape index (κ2) is 4.45. The summed E-state index contributed by atoms with van der Waals surface area (Å²) in [4.78, 5) is 3.81. The lowest BCUT2D eigenvalue weighted by Crippen LogP contribution is -2.11. The smallest absolute Gasteiger partial charge is 0.389 e. The largest absolute Gasteiger partial charge is 0.448 e. The number of hydrogen-bond acceptors (Lipinski definition) is 3. The van der Waals surface area contributed by atoms with Gasteiger partial charge >= 0.3 is 6.18 Å². The molecule has 1 aromatic heterocycles. The normalized spacial score (nSPS) is 12.0. The third-order valence-corrected chi connectivity index (χ3v) is 1.71. The maximum Gasteiger partial charge on any atom is 0.389 e. The van der Waals surface area contributed by atoms with E-state index in [4.69, 9.17) is 4.42 Å². The molecule has 0 saturated heterocycles. The van der Waals surface area contributed by atoms with Gasteiger partial charge in [-0.3, -0.25) is 0 Å². The Kier molecular flexibility index (Phi) is 3.51. The highest BCUT2D eigenvalue weighted by Gasteiger charge is 2.27. The molecule has 0 aliphatic carbocycles. The van der Waals surface area contributed by atoms with Gasteiger partial charge < -0.3 is 9.73 Å². The Morgan fingerprint density at radius 2 is 2.21 bits per heavy atom. The molecule has 1 heterocycles. The summed E-state index contributed by atoms with van der Waals surface area (Å²) in [5.41, 5.74) is 0.539. The zero-order valence-corrected chi connectivity index (χ0v) is 7.69. The summed E-state index contributed by atoms with van der Waals surface area (Å²) >= 11 is 0. The highest BCUT2D eigenvalue weighted by atomic mass is 19.4. The molecule has 0 spiro atoms. The number of nitrogens with zero attached hydrogens (tertiary/aromatic N) is 1. The predicted octanol–water partition coefficient (Wildman–Crippen LogP) is 1.89. The van der Waals surface area contributed by atoms with Gasteiger partial charge in [0.05, 0.1) is 12.1 Å². The van der Waals surface area contributed by atoms with Crippen LogP contribution in [0.2, 0.25) is 0 Å². The number of hydrogen-bond donors (Lipinski definition) is 1. The number of aromatic nitrogens is 1. The van der Waals surface area contributed by atoms with E-state index in [0.29, 0.717) is 18.0 Å². The maximum absolute atomic E-state index is 11.9. The summed E-state index contributed by atoms with van der Waals surface area (Å²) in [5.74, 6) is 0.302. The zero-order chi connectivity index (χ0) is 10.6. The number of rotatable bonds is 4. The maximum atomic E-state index is 11.9. The molecule has 1 aromatic rings. The number of halogens is 3. The van der Waals surface area contributed by atoms with E-state index in [-0.39, 0.29) is 6.42 Å². The Morgan fingerprint density at radius 3 is 2.79 bits per heavy atom. The summed E-state index contributed by atoms with van der Waals surface area (Å²) in [6, 6.07) is 0. The van der Waals surface area contributed by atoms with Crippen molar-refractivity contribution in [3.05, 3.63) is 17.8 Å². The first-order valence-electron chi connectivity index (χ1n) is 4.15. The van der Waals surface area contributed by atoms with Gasteiger partial charge in [0.2, 0.25) is 0 Å². The van der Waals surface area contributed by atoms with E-state index in [1.165, 1.54) is 6.39 Å². The molecule has 3 nitrogen and oxygen atoms in total. The zero-order valence-electron chi connectivity index (χ0n) is 7.69. The first-order valence-corrected chi connectivity index (χ1v) is 4.15. The van der Waals surface area contributed by atoms with Crippen LogP contribution in [0.4, 0.5) is 13.2 Å². The van der Waals surface area contributed by atoms with E-state index in [1.807, 2.05) is 0 Å². The van der Waals surface area contributed by atoms with Gasteiger partial charge in [0.15, 0.2) is 6.39 Å². The van der Waals surface area contributed by atoms with Crippen LogP contribution in [0.3, 0.4) is 0 Å². The van der Waals surface area contributed by atoms with Crippen LogP contribution in [-0.2, 0) is 13.0 Å². The summed E-state index contributed by atoms with van der Waals surface area (Å²) in [6.45, 7) is 0.420. The van der Waals surface area contributed by atoms with Crippen LogP contribution in [0.25, 0.3) is 0 Å². The SMILES string of the molecule is CNCc1ncoc1CCC(F)(F)F. The van der Waals surface area contributed by atoms with Gasteiger partial charge in [0.25, 0.3) is 0 Å². The minimum atomic E-state index is -4.15. The molecule has 0 radical (unpaired) electrons. The molecule has 0 bridgehead atoms. The molecule has 0 saturated carbocycles. The molecule has 0 aliphatic rings. The fourth-order valence-electron chi connectivity index (χ4n) is 1.06. The molecule has 1 N–H and O–H groups in total. The Hall–Kier alpha value is -1.04. The van der Waals surface area contributed by atoms with Crippen molar-refractivity contribution in [2.45, 2.75) is 25.6 Å². The van der Waals surface area contributed by atoms with Crippen molar-refractivity contribution in [2.24, 2.45) is 0 Å². The molecule has 14 heavy (non-hydrogen) atoms. The summed E-state index contributed by atoms with van der Waals surface area (Å²) in [7, 11) is 1.70. The number of nitrogens with one attached hydrogen (secondary N) is 1. The Balaban J connectivity index is 2.53. The van der Waals surface area contributed by atoms with Crippen molar-refractivity contribution in [1.29, 1.82) is 0 Å². The predicted molar refractivity (Wildman–Crippen MR) is 43.6 cm³/mol. The number of alkyl halides is 3. The number of oxazole rings is 1. The second-order valence-corrected chi connectivity index (χ2v) is 2.87. The van der Waals surface area contributed by atoms with Crippen molar-refractivity contribution in [3.8, 4) is 0 Å². The monoisotopic (exact) mass is 208 g/mol. The summed E-state index contributed by atoms with van der Waals surface area (Å²) in [6.07, 6.45) is -4.01. The van der Waals surface area contributed by atoms with Gasteiger partial charge in [-0.15, -0.1) is 0 Å². The minimum Gasteiger partial charge on any atom is -0.448 e. The molecule has 0 amide bonds. The van der Waals surface area contributed by atoms with Gasteiger partial charge in [-0.1, -0.05) is 0 Å². The van der Waals surface area contributed by atoms with Crippen molar-refractivity contribution >= 4 is 0 Å². The average Bonchev–Trinajstić information content (AvgIpc) is 2.48. The molecule has 0 unspecified atom stereocenters. The van der Waals surface area contributed by atoms with E-state index in [9.17, 15) is 13.2 Å². The number of aryl methyl sites for hydroxylation is 1. The van der Waals surface area contributed by atoms with Gasteiger partial charge in [-0.05, 0) is 7.05 Å². The van der Waals surface area contributed by atoms with E-state index in [0.717, 1.165) is 0 Å². The molecule has 6 heteroatoms. The molecule has 0 atom stereocenters. The van der Waals surface area contributed by atoms with E-state index in [1.54, 1.807) is 7.05 Å². The van der Waals surface area contributed by atoms with Crippen LogP contribution >= 0.6 is 0 Å². The van der Waals surface area contributed by atoms with Crippen LogP contribution < -0.4 is 5.32 Å². The lowest BCUT2D eigenvalue weighted by molar-refractivity contribution is -0.134. The lowest BCUT2D eigenvalue weighted by Gasteiger charge is -2.04. The highest BCUT2D eigenvalue weighted by molar-refractivity contribution is 5.07. The summed E-state index contributed by atoms with van der Waals surface area (Å²) < 4.78 is 40.5. The Labute approximate surface area is 79.3 Å². The van der Waals surface area contributed by atoms with Crippen LogP contribution in [0.1, 0.15) is 17.9 Å². The van der Waals surface area contributed by atoms with Gasteiger partial charge in [-0.2, -0.15) is 13.2 Å². The quantitative estimate of drug-likeness (QED) is 0.821. The summed E-state index contributed by atoms with van der Waals surface area (Å²) in [5, 5.41) is 2.80. The molecular weight excluding hydrogens is 197 g/mol. The molecule has 0 aromatic carbocycles. The molecule has 0 aliphatic heterocycles. The van der Waals surface area contributed by atoms with Crippen molar-refractivity contribution in [2.75, 3.05) is 7.05 Å². The lowest BCUT2D eigenvalue weighted by atomic mass is 10.2. The van der Waals surface area contributed by atoms with Gasteiger partial charge in [0, 0.05) is 13.0 Å². The molecule has 1 rings (SSSR count). The Bertz CT molecular complexity index is 282.